The number of nitrogens with zero attached hydrogens (tertiary/aromatic N) is 1. The van der Waals surface area contributed by atoms with Crippen molar-refractivity contribution in [3.8, 4) is 0 Å². The van der Waals surface area contributed by atoms with Gasteiger partial charge in [0.1, 0.15) is 5.69 Å². The fourth-order valence-electron chi connectivity index (χ4n) is 3.18. The fourth-order valence-corrected chi connectivity index (χ4v) is 3.53. The quantitative estimate of drug-likeness (QED) is 0.822. The van der Waals surface area contributed by atoms with Crippen LogP contribution in [-0.2, 0) is 0 Å². The molecule has 2 bridgehead atoms. The van der Waals surface area contributed by atoms with Gasteiger partial charge in [0.25, 0.3) is 5.91 Å². The van der Waals surface area contributed by atoms with Crippen LogP contribution in [0.15, 0.2) is 28.4 Å². The zero-order valence-corrected chi connectivity index (χ0v) is 12.5. The van der Waals surface area contributed by atoms with Gasteiger partial charge in [0.2, 0.25) is 0 Å². The van der Waals surface area contributed by atoms with Gasteiger partial charge in [-0.05, 0) is 46.7 Å². The maximum absolute atomic E-state index is 12.1. The monoisotopic (exact) mass is 323 g/mol. The van der Waals surface area contributed by atoms with Gasteiger partial charge in [-0.15, -0.1) is 0 Å². The summed E-state index contributed by atoms with van der Waals surface area (Å²) in [4.78, 5) is 15.0. The molecule has 4 nitrogen and oxygen atoms in total. The highest BCUT2D eigenvalue weighted by molar-refractivity contribution is 9.10. The number of amides is 1. The third-order valence-corrected chi connectivity index (χ3v) is 4.26. The lowest BCUT2D eigenvalue weighted by molar-refractivity contribution is 0.0711. The minimum atomic E-state index is -0.0701. The molecule has 102 valence electrons. The first kappa shape index (κ1) is 12.9. The number of piperidine rings is 1. The largest absolute Gasteiger partial charge is 0.356 e. The number of aromatic nitrogens is 1. The molecule has 0 aromatic carbocycles. The van der Waals surface area contributed by atoms with Gasteiger partial charge in [-0.3, -0.25) is 10.2 Å². The summed E-state index contributed by atoms with van der Waals surface area (Å²) < 4.78 is 0.893. The van der Waals surface area contributed by atoms with Gasteiger partial charge in [0.15, 0.2) is 0 Å². The number of allylic oxidation sites excluding steroid dienone is 1. The number of rotatable bonds is 2. The van der Waals surface area contributed by atoms with Crippen LogP contribution >= 0.6 is 15.9 Å². The Balaban J connectivity index is 1.65. The second kappa shape index (κ2) is 5.13. The van der Waals surface area contributed by atoms with E-state index in [0.29, 0.717) is 17.5 Å². The summed E-state index contributed by atoms with van der Waals surface area (Å²) in [5.74, 6) is 1.30. The number of H-pyrrole nitrogens is 1. The molecule has 1 saturated heterocycles. The number of carbonyl (C=O) groups is 1. The number of fused-ring (bicyclic) bond motifs is 2. The number of halogens is 1. The molecule has 2 unspecified atom stereocenters. The molecule has 0 saturated carbocycles. The Bertz CT molecular complexity index is 523. The van der Waals surface area contributed by atoms with Gasteiger partial charge < -0.3 is 4.98 Å². The Morgan fingerprint density at radius 1 is 1.58 bits per heavy atom. The van der Waals surface area contributed by atoms with E-state index >= 15 is 0 Å². The fraction of sp³-hybridized carbons (Fsp3) is 0.500. The predicted octanol–water partition coefficient (Wildman–Crippen LogP) is 2.71. The molecule has 1 aliphatic carbocycles. The lowest BCUT2D eigenvalue weighted by Crippen LogP contribution is -2.49. The number of hydrazine groups is 1. The van der Waals surface area contributed by atoms with Crippen LogP contribution in [0.1, 0.15) is 30.3 Å². The van der Waals surface area contributed by atoms with E-state index in [-0.39, 0.29) is 5.91 Å². The van der Waals surface area contributed by atoms with Gasteiger partial charge in [-0.25, -0.2) is 5.01 Å². The topological polar surface area (TPSA) is 48.1 Å². The van der Waals surface area contributed by atoms with E-state index in [0.717, 1.165) is 17.6 Å². The molecule has 5 heteroatoms. The van der Waals surface area contributed by atoms with Gasteiger partial charge in [-0.2, -0.15) is 0 Å². The van der Waals surface area contributed by atoms with E-state index in [4.69, 9.17) is 0 Å². The van der Waals surface area contributed by atoms with Crippen LogP contribution in [0.25, 0.3) is 0 Å². The molecule has 2 aliphatic rings. The standard InChI is InChI=1S/C14H18BrN3O/c1-9-2-10-4-11(3-9)8-18(7-10)17-14(19)13-5-12(15)6-16-13/h2,5-6,9,11,16H,3-4,7-8H2,1H3,(H,17,19). The van der Waals surface area contributed by atoms with Crippen molar-refractivity contribution in [3.05, 3.63) is 34.1 Å². The lowest BCUT2D eigenvalue weighted by Gasteiger charge is -2.38. The molecule has 0 radical (unpaired) electrons. The summed E-state index contributed by atoms with van der Waals surface area (Å²) in [5, 5.41) is 2.04. The van der Waals surface area contributed by atoms with Crippen LogP contribution in [0.2, 0.25) is 0 Å². The molecule has 1 aromatic rings. The summed E-state index contributed by atoms with van der Waals surface area (Å²) in [5.41, 5.74) is 5.04. The molecular weight excluding hydrogens is 306 g/mol. The van der Waals surface area contributed by atoms with Crippen LogP contribution in [-0.4, -0.2) is 29.0 Å². The second-order valence-electron chi connectivity index (χ2n) is 5.66. The minimum Gasteiger partial charge on any atom is -0.356 e. The van der Waals surface area contributed by atoms with E-state index in [1.807, 2.05) is 5.01 Å². The maximum atomic E-state index is 12.1. The Morgan fingerprint density at radius 2 is 2.42 bits per heavy atom. The van der Waals surface area contributed by atoms with E-state index in [9.17, 15) is 4.79 Å². The highest BCUT2D eigenvalue weighted by atomic mass is 79.9. The smallest absolute Gasteiger partial charge is 0.282 e. The number of hydrogen-bond acceptors (Lipinski definition) is 2. The Morgan fingerprint density at radius 3 is 3.11 bits per heavy atom. The first-order valence-corrected chi connectivity index (χ1v) is 7.49. The SMILES string of the molecule is CC1C=C2CC(C1)CN(NC(=O)c1cc(Br)c[nH]1)C2. The van der Waals surface area contributed by atoms with Crippen LogP contribution < -0.4 is 5.43 Å². The highest BCUT2D eigenvalue weighted by Crippen LogP contribution is 2.32. The normalized spacial score (nSPS) is 26.9. The summed E-state index contributed by atoms with van der Waals surface area (Å²) in [7, 11) is 0. The van der Waals surface area contributed by atoms with Crippen molar-refractivity contribution in [2.24, 2.45) is 11.8 Å². The Kier molecular flexibility index (Phi) is 3.50. The van der Waals surface area contributed by atoms with Gasteiger partial charge in [-0.1, -0.05) is 18.6 Å². The van der Waals surface area contributed by atoms with Crippen molar-refractivity contribution in [2.45, 2.75) is 19.8 Å². The number of aromatic amines is 1. The molecule has 2 atom stereocenters. The summed E-state index contributed by atoms with van der Waals surface area (Å²) in [6.45, 7) is 4.08. The van der Waals surface area contributed by atoms with Crippen LogP contribution in [0.5, 0.6) is 0 Å². The van der Waals surface area contributed by atoms with Crippen molar-refractivity contribution < 1.29 is 4.79 Å². The van der Waals surface area contributed by atoms with Crippen molar-refractivity contribution in [3.63, 3.8) is 0 Å². The third-order valence-electron chi connectivity index (χ3n) is 3.80. The van der Waals surface area contributed by atoms with E-state index in [1.165, 1.54) is 18.4 Å². The number of hydrogen-bond donors (Lipinski definition) is 2. The maximum Gasteiger partial charge on any atom is 0.282 e. The van der Waals surface area contributed by atoms with E-state index < -0.39 is 0 Å². The first-order chi connectivity index (χ1) is 9.10. The van der Waals surface area contributed by atoms with Crippen LogP contribution in [0.3, 0.4) is 0 Å². The van der Waals surface area contributed by atoms with Crippen molar-refractivity contribution in [1.82, 2.24) is 15.4 Å². The zero-order valence-electron chi connectivity index (χ0n) is 10.9. The van der Waals surface area contributed by atoms with Crippen LogP contribution in [0.4, 0.5) is 0 Å². The number of nitrogens with one attached hydrogen (secondary N) is 2. The molecular formula is C14H18BrN3O. The highest BCUT2D eigenvalue weighted by Gasteiger charge is 2.29. The molecule has 3 rings (SSSR count). The molecule has 1 amide bonds. The minimum absolute atomic E-state index is 0.0701. The van der Waals surface area contributed by atoms with E-state index in [1.54, 1.807) is 12.3 Å². The molecule has 19 heavy (non-hydrogen) atoms. The molecule has 0 spiro atoms. The summed E-state index contributed by atoms with van der Waals surface area (Å²) >= 11 is 3.34. The second-order valence-corrected chi connectivity index (χ2v) is 6.58. The Hall–Kier alpha value is -1.07. The van der Waals surface area contributed by atoms with E-state index in [2.05, 4.69) is 39.3 Å². The van der Waals surface area contributed by atoms with Crippen molar-refractivity contribution in [2.75, 3.05) is 13.1 Å². The summed E-state index contributed by atoms with van der Waals surface area (Å²) in [6, 6.07) is 1.79. The average molecular weight is 324 g/mol. The molecule has 1 aromatic heterocycles. The van der Waals surface area contributed by atoms with Gasteiger partial charge >= 0.3 is 0 Å². The Labute approximate surface area is 121 Å². The predicted molar refractivity (Wildman–Crippen MR) is 77.5 cm³/mol. The van der Waals surface area contributed by atoms with Crippen molar-refractivity contribution >= 4 is 21.8 Å². The average Bonchev–Trinajstić information content (AvgIpc) is 2.74. The third kappa shape index (κ3) is 2.92. The van der Waals surface area contributed by atoms with Gasteiger partial charge in [0, 0.05) is 23.8 Å². The summed E-state index contributed by atoms with van der Waals surface area (Å²) in [6.07, 6.45) is 6.55. The lowest BCUT2D eigenvalue weighted by atomic mass is 9.80. The van der Waals surface area contributed by atoms with Gasteiger partial charge in [0.05, 0.1) is 0 Å². The first-order valence-electron chi connectivity index (χ1n) is 6.69. The molecule has 1 fully saturated rings. The van der Waals surface area contributed by atoms with Crippen LogP contribution in [0, 0.1) is 11.8 Å². The molecule has 2 heterocycles. The van der Waals surface area contributed by atoms with Crippen molar-refractivity contribution in [1.29, 1.82) is 0 Å². The number of carbonyl (C=O) groups excluding carboxylic acids is 1. The molecule has 2 N–H and O–H groups in total. The molecule has 1 aliphatic heterocycles. The zero-order chi connectivity index (χ0) is 13.4.